The molecule has 0 bridgehead atoms. The quantitative estimate of drug-likeness (QED) is 0.358. The summed E-state index contributed by atoms with van der Waals surface area (Å²) in [6.07, 6.45) is 8.31. The van der Waals surface area contributed by atoms with Crippen LogP contribution in [-0.4, -0.2) is 40.5 Å². The number of rotatable bonds is 5. The van der Waals surface area contributed by atoms with Gasteiger partial charge >= 0.3 is 0 Å². The first-order chi connectivity index (χ1) is 18.4. The smallest absolute Gasteiger partial charge is 0.271 e. The molecule has 0 spiro atoms. The summed E-state index contributed by atoms with van der Waals surface area (Å²) in [5.74, 6) is 0.349. The number of nitrogens with two attached hydrogens (primary N) is 1. The maximum Gasteiger partial charge on any atom is 0.271 e. The average Bonchev–Trinajstić information content (AvgIpc) is 3.49. The number of pyridine rings is 3. The SMILES string of the molecule is Cc1cc2[nH]c(C(=O)N(Cc3ccc(-c4c(C)cnn4C)cn3)[C@@H]3CCCc4cccnc43)cc2nc1N. The fraction of sp³-hybridized carbons (Fsp3) is 0.276. The number of nitrogens with zero attached hydrogens (tertiary/aromatic N) is 6. The summed E-state index contributed by atoms with van der Waals surface area (Å²) in [4.78, 5) is 33.2. The average molecular weight is 507 g/mol. The van der Waals surface area contributed by atoms with Gasteiger partial charge in [-0.3, -0.25) is 19.4 Å². The van der Waals surface area contributed by atoms with Crippen molar-refractivity contribution < 1.29 is 4.79 Å². The molecule has 3 N–H and O–H groups in total. The maximum absolute atomic E-state index is 14.1. The van der Waals surface area contributed by atoms with E-state index in [2.05, 4.69) is 21.1 Å². The molecule has 0 unspecified atom stereocenters. The Labute approximate surface area is 220 Å². The van der Waals surface area contributed by atoms with Gasteiger partial charge in [-0.15, -0.1) is 0 Å². The third-order valence-corrected chi connectivity index (χ3v) is 7.42. The fourth-order valence-electron chi connectivity index (χ4n) is 5.45. The van der Waals surface area contributed by atoms with Crippen molar-refractivity contribution >= 4 is 22.8 Å². The lowest BCUT2D eigenvalue weighted by atomic mass is 9.90. The van der Waals surface area contributed by atoms with E-state index in [1.54, 1.807) is 6.07 Å². The topological polar surface area (TPSA) is 119 Å². The van der Waals surface area contributed by atoms with Gasteiger partial charge in [-0.1, -0.05) is 6.07 Å². The minimum absolute atomic E-state index is 0.115. The second kappa shape index (κ2) is 9.41. The van der Waals surface area contributed by atoms with Crippen LogP contribution in [0.15, 0.2) is 55.0 Å². The van der Waals surface area contributed by atoms with E-state index in [4.69, 9.17) is 15.7 Å². The lowest BCUT2D eigenvalue weighted by Crippen LogP contribution is -2.37. The van der Waals surface area contributed by atoms with Gasteiger partial charge in [0.15, 0.2) is 0 Å². The summed E-state index contributed by atoms with van der Waals surface area (Å²) in [5.41, 5.74) is 14.9. The number of nitrogen functional groups attached to an aromatic ring is 1. The lowest BCUT2D eigenvalue weighted by Gasteiger charge is -2.34. The highest BCUT2D eigenvalue weighted by Gasteiger charge is 2.32. The Balaban J connectivity index is 1.38. The number of aromatic amines is 1. The van der Waals surface area contributed by atoms with Gasteiger partial charge in [0.1, 0.15) is 11.5 Å². The standard InChI is InChI=1S/C29H30N8O/c1-17-12-22-23(35-28(17)30)13-24(34-22)29(38)37(25-8-4-6-19-7-5-11-31-26(19)25)16-21-10-9-20(15-32-21)27-18(2)14-33-36(27)3/h5,7,9-15,25,34H,4,6,8,16H2,1-3H3,(H2,30,35)/t25-/m1/s1. The highest BCUT2D eigenvalue weighted by molar-refractivity contribution is 5.97. The van der Waals surface area contributed by atoms with Crippen molar-refractivity contribution in [3.8, 4) is 11.3 Å². The van der Waals surface area contributed by atoms with Crippen LogP contribution in [0.2, 0.25) is 0 Å². The zero-order chi connectivity index (χ0) is 26.4. The first-order valence-corrected chi connectivity index (χ1v) is 12.8. The molecule has 192 valence electrons. The molecule has 9 nitrogen and oxygen atoms in total. The van der Waals surface area contributed by atoms with E-state index in [1.165, 1.54) is 5.56 Å². The van der Waals surface area contributed by atoms with Crippen LogP contribution >= 0.6 is 0 Å². The minimum Gasteiger partial charge on any atom is -0.383 e. The molecule has 38 heavy (non-hydrogen) atoms. The van der Waals surface area contributed by atoms with Gasteiger partial charge < -0.3 is 15.6 Å². The van der Waals surface area contributed by atoms with Crippen LogP contribution in [0.1, 0.15) is 57.5 Å². The number of hydrogen-bond donors (Lipinski definition) is 2. The molecule has 5 aromatic rings. The Kier molecular flexibility index (Phi) is 5.90. The maximum atomic E-state index is 14.1. The van der Waals surface area contributed by atoms with Crippen molar-refractivity contribution in [2.24, 2.45) is 7.05 Å². The number of anilines is 1. The molecule has 6 rings (SSSR count). The van der Waals surface area contributed by atoms with Crippen molar-refractivity contribution in [2.75, 3.05) is 5.73 Å². The van der Waals surface area contributed by atoms with E-state index in [9.17, 15) is 4.79 Å². The monoisotopic (exact) mass is 506 g/mol. The molecule has 0 aromatic carbocycles. The number of H-pyrrole nitrogens is 1. The summed E-state index contributed by atoms with van der Waals surface area (Å²) in [6, 6.07) is 11.7. The van der Waals surface area contributed by atoms with Crippen LogP contribution in [0.4, 0.5) is 5.82 Å². The minimum atomic E-state index is -0.153. The molecule has 0 saturated carbocycles. The summed E-state index contributed by atoms with van der Waals surface area (Å²) in [7, 11) is 1.93. The van der Waals surface area contributed by atoms with E-state index < -0.39 is 0 Å². The summed E-state index contributed by atoms with van der Waals surface area (Å²) in [5, 5.41) is 4.34. The Hall–Kier alpha value is -4.53. The number of aromatic nitrogens is 6. The van der Waals surface area contributed by atoms with E-state index >= 15 is 0 Å². The number of carbonyl (C=O) groups excluding carboxylic acids is 1. The zero-order valence-electron chi connectivity index (χ0n) is 21.8. The van der Waals surface area contributed by atoms with Gasteiger partial charge in [0.25, 0.3) is 5.91 Å². The van der Waals surface area contributed by atoms with Gasteiger partial charge in [-0.25, -0.2) is 4.98 Å². The predicted molar refractivity (Wildman–Crippen MR) is 146 cm³/mol. The predicted octanol–water partition coefficient (Wildman–Crippen LogP) is 4.67. The molecule has 9 heteroatoms. The van der Waals surface area contributed by atoms with Gasteiger partial charge in [0.2, 0.25) is 0 Å². The number of hydrogen-bond acceptors (Lipinski definition) is 6. The van der Waals surface area contributed by atoms with E-state index in [0.29, 0.717) is 23.6 Å². The molecule has 0 aliphatic heterocycles. The molecular weight excluding hydrogens is 476 g/mol. The molecule has 0 radical (unpaired) electrons. The Morgan fingerprint density at radius 1 is 1.16 bits per heavy atom. The van der Waals surface area contributed by atoms with Crippen molar-refractivity contribution in [2.45, 2.75) is 45.7 Å². The molecule has 5 heterocycles. The Morgan fingerprint density at radius 3 is 2.79 bits per heavy atom. The summed E-state index contributed by atoms with van der Waals surface area (Å²) >= 11 is 0. The van der Waals surface area contributed by atoms with E-state index in [0.717, 1.165) is 58.6 Å². The molecule has 1 atom stereocenters. The normalized spacial score (nSPS) is 15.0. The van der Waals surface area contributed by atoms with E-state index in [-0.39, 0.29) is 11.9 Å². The molecule has 1 aliphatic rings. The number of amides is 1. The fourth-order valence-corrected chi connectivity index (χ4v) is 5.45. The molecule has 0 fully saturated rings. The van der Waals surface area contributed by atoms with Crippen LogP contribution in [0.5, 0.6) is 0 Å². The Bertz CT molecular complexity index is 1590. The largest absolute Gasteiger partial charge is 0.383 e. The number of nitrogens with one attached hydrogen (secondary N) is 1. The second-order valence-electron chi connectivity index (χ2n) is 10.0. The summed E-state index contributed by atoms with van der Waals surface area (Å²) in [6.45, 7) is 4.30. The van der Waals surface area contributed by atoms with Crippen LogP contribution in [0, 0.1) is 13.8 Å². The van der Waals surface area contributed by atoms with Gasteiger partial charge in [-0.05, 0) is 80.1 Å². The number of carbonyl (C=O) groups is 1. The van der Waals surface area contributed by atoms with Crippen molar-refractivity contribution in [1.29, 1.82) is 0 Å². The third-order valence-electron chi connectivity index (χ3n) is 7.42. The first-order valence-electron chi connectivity index (χ1n) is 12.8. The Morgan fingerprint density at radius 2 is 2.03 bits per heavy atom. The van der Waals surface area contributed by atoms with Gasteiger partial charge in [0, 0.05) is 25.0 Å². The lowest BCUT2D eigenvalue weighted by molar-refractivity contribution is 0.0624. The second-order valence-corrected chi connectivity index (χ2v) is 10.0. The van der Waals surface area contributed by atoms with Crippen LogP contribution in [0.3, 0.4) is 0 Å². The van der Waals surface area contributed by atoms with Crippen molar-refractivity contribution in [3.63, 3.8) is 0 Å². The molecule has 1 amide bonds. The van der Waals surface area contributed by atoms with Crippen molar-refractivity contribution in [1.82, 2.24) is 34.6 Å². The molecule has 0 saturated heterocycles. The van der Waals surface area contributed by atoms with Crippen LogP contribution in [0.25, 0.3) is 22.3 Å². The van der Waals surface area contributed by atoms with Crippen molar-refractivity contribution in [3.05, 3.63) is 88.8 Å². The van der Waals surface area contributed by atoms with E-state index in [1.807, 2.05) is 73.3 Å². The highest BCUT2D eigenvalue weighted by Crippen LogP contribution is 2.35. The van der Waals surface area contributed by atoms with Crippen LogP contribution in [-0.2, 0) is 20.0 Å². The first kappa shape index (κ1) is 23.8. The molecular formula is C29H30N8O. The third kappa shape index (κ3) is 4.19. The summed E-state index contributed by atoms with van der Waals surface area (Å²) < 4.78 is 1.85. The molecule has 1 aliphatic carbocycles. The van der Waals surface area contributed by atoms with Gasteiger partial charge in [0.05, 0.1) is 46.9 Å². The van der Waals surface area contributed by atoms with Crippen LogP contribution < -0.4 is 5.73 Å². The van der Waals surface area contributed by atoms with Gasteiger partial charge in [-0.2, -0.15) is 5.10 Å². The molecule has 5 aromatic heterocycles. The number of fused-ring (bicyclic) bond motifs is 2. The number of aryl methyl sites for hydroxylation is 4. The zero-order valence-corrected chi connectivity index (χ0v) is 21.8. The highest BCUT2D eigenvalue weighted by atomic mass is 16.2.